The van der Waals surface area contributed by atoms with Gasteiger partial charge in [0, 0.05) is 0 Å². The summed E-state index contributed by atoms with van der Waals surface area (Å²) in [5, 5.41) is 13.8. The first-order chi connectivity index (χ1) is 10.6. The first kappa shape index (κ1) is 14.4. The number of rotatable bonds is 4. The van der Waals surface area contributed by atoms with Gasteiger partial charge in [-0.25, -0.2) is 13.1 Å². The summed E-state index contributed by atoms with van der Waals surface area (Å²) in [6, 6.07) is 14.5. The lowest BCUT2D eigenvalue weighted by molar-refractivity contribution is 0.588. The van der Waals surface area contributed by atoms with E-state index in [9.17, 15) is 8.42 Å². The second-order valence-corrected chi connectivity index (χ2v) is 6.34. The highest BCUT2D eigenvalue weighted by Crippen LogP contribution is 2.34. The first-order valence-corrected chi connectivity index (χ1v) is 7.97. The molecule has 1 aromatic heterocycles. The van der Waals surface area contributed by atoms with Crippen molar-refractivity contribution in [3.8, 4) is 22.5 Å². The summed E-state index contributed by atoms with van der Waals surface area (Å²) in [4.78, 5) is 0.109. The van der Waals surface area contributed by atoms with Crippen molar-refractivity contribution in [1.82, 2.24) is 25.3 Å². The third kappa shape index (κ3) is 2.49. The number of hydrogen-bond acceptors (Lipinski definition) is 5. The van der Waals surface area contributed by atoms with Crippen LogP contribution < -0.4 is 4.72 Å². The lowest BCUT2D eigenvalue weighted by Gasteiger charge is -2.12. The zero-order valence-electron chi connectivity index (χ0n) is 11.7. The van der Waals surface area contributed by atoms with Gasteiger partial charge in [0.15, 0.2) is 0 Å². The average molecular weight is 315 g/mol. The van der Waals surface area contributed by atoms with E-state index < -0.39 is 10.0 Å². The van der Waals surface area contributed by atoms with Crippen LogP contribution in [0.4, 0.5) is 0 Å². The van der Waals surface area contributed by atoms with E-state index in [2.05, 4.69) is 25.3 Å². The van der Waals surface area contributed by atoms with Gasteiger partial charge in [-0.1, -0.05) is 42.5 Å². The molecule has 112 valence electrons. The van der Waals surface area contributed by atoms with Crippen molar-refractivity contribution < 1.29 is 8.42 Å². The van der Waals surface area contributed by atoms with Crippen LogP contribution >= 0.6 is 0 Å². The molecule has 0 fully saturated rings. The van der Waals surface area contributed by atoms with Gasteiger partial charge < -0.3 is 0 Å². The normalized spacial score (nSPS) is 11.5. The van der Waals surface area contributed by atoms with Crippen LogP contribution in [0.2, 0.25) is 0 Å². The summed E-state index contributed by atoms with van der Waals surface area (Å²) >= 11 is 0. The van der Waals surface area contributed by atoms with Crippen LogP contribution in [-0.4, -0.2) is 36.1 Å². The van der Waals surface area contributed by atoms with Crippen molar-refractivity contribution in [3.63, 3.8) is 0 Å². The fraction of sp³-hybridized carbons (Fsp3) is 0.0714. The highest BCUT2D eigenvalue weighted by atomic mass is 32.2. The van der Waals surface area contributed by atoms with Gasteiger partial charge >= 0.3 is 0 Å². The van der Waals surface area contributed by atoms with Gasteiger partial charge in [-0.2, -0.15) is 5.21 Å². The summed E-state index contributed by atoms with van der Waals surface area (Å²) < 4.78 is 26.9. The number of H-pyrrole nitrogens is 1. The largest absolute Gasteiger partial charge is 0.241 e. The standard InChI is InChI=1S/C14H13N5O2S/c1-15-22(20,21)12-9-5-8-11(10-6-3-2-4-7-10)13(12)14-16-18-19-17-14/h2-9,15H,1H3,(H,16,17,18,19). The van der Waals surface area contributed by atoms with Gasteiger partial charge in [-0.15, -0.1) is 10.2 Å². The summed E-state index contributed by atoms with van der Waals surface area (Å²) in [6.07, 6.45) is 0. The highest BCUT2D eigenvalue weighted by Gasteiger charge is 2.23. The Hall–Kier alpha value is -2.58. The molecule has 0 saturated carbocycles. The minimum absolute atomic E-state index is 0.109. The van der Waals surface area contributed by atoms with Crippen LogP contribution in [0.3, 0.4) is 0 Å². The number of sulfonamides is 1. The number of tetrazole rings is 1. The molecule has 0 unspecified atom stereocenters. The quantitative estimate of drug-likeness (QED) is 0.759. The Morgan fingerprint density at radius 3 is 2.45 bits per heavy atom. The SMILES string of the molecule is CNS(=O)(=O)c1cccc(-c2ccccc2)c1-c1nn[nH]n1. The Kier molecular flexibility index (Phi) is 3.70. The van der Waals surface area contributed by atoms with Crippen LogP contribution in [0.25, 0.3) is 22.5 Å². The molecule has 0 atom stereocenters. The zero-order valence-corrected chi connectivity index (χ0v) is 12.5. The number of aromatic amines is 1. The van der Waals surface area contributed by atoms with E-state index in [0.717, 1.165) is 11.1 Å². The van der Waals surface area contributed by atoms with Crippen LogP contribution in [0.1, 0.15) is 0 Å². The molecule has 7 nitrogen and oxygen atoms in total. The molecule has 1 heterocycles. The van der Waals surface area contributed by atoms with Crippen molar-refractivity contribution in [2.75, 3.05) is 7.05 Å². The number of hydrogen-bond donors (Lipinski definition) is 2. The Morgan fingerprint density at radius 1 is 1.05 bits per heavy atom. The van der Waals surface area contributed by atoms with E-state index in [4.69, 9.17) is 0 Å². The van der Waals surface area contributed by atoms with E-state index in [0.29, 0.717) is 5.56 Å². The van der Waals surface area contributed by atoms with Crippen LogP contribution in [-0.2, 0) is 10.0 Å². The molecule has 0 amide bonds. The van der Waals surface area contributed by atoms with Crippen LogP contribution in [0.5, 0.6) is 0 Å². The third-order valence-electron chi connectivity index (χ3n) is 3.24. The monoisotopic (exact) mass is 315 g/mol. The van der Waals surface area contributed by atoms with Crippen molar-refractivity contribution in [2.24, 2.45) is 0 Å². The summed E-state index contributed by atoms with van der Waals surface area (Å²) in [7, 11) is -2.29. The van der Waals surface area contributed by atoms with Crippen LogP contribution in [0, 0.1) is 0 Å². The summed E-state index contributed by atoms with van der Waals surface area (Å²) in [6.45, 7) is 0. The minimum Gasteiger partial charge on any atom is -0.214 e. The van der Waals surface area contributed by atoms with Crippen LogP contribution in [0.15, 0.2) is 53.4 Å². The zero-order chi connectivity index (χ0) is 15.6. The molecule has 2 aromatic carbocycles. The summed E-state index contributed by atoms with van der Waals surface area (Å²) in [5.74, 6) is 0.230. The fourth-order valence-electron chi connectivity index (χ4n) is 2.22. The molecule has 3 aromatic rings. The maximum Gasteiger partial charge on any atom is 0.241 e. The highest BCUT2D eigenvalue weighted by molar-refractivity contribution is 7.89. The third-order valence-corrected chi connectivity index (χ3v) is 4.69. The molecule has 3 rings (SSSR count). The number of aromatic nitrogens is 4. The molecule has 0 aliphatic heterocycles. The predicted molar refractivity (Wildman–Crippen MR) is 81.3 cm³/mol. The van der Waals surface area contributed by atoms with Gasteiger partial charge in [0.05, 0.1) is 10.5 Å². The van der Waals surface area contributed by atoms with E-state index in [1.165, 1.54) is 13.1 Å². The Labute approximate surface area is 127 Å². The predicted octanol–water partition coefficient (Wildman–Crippen LogP) is 1.44. The van der Waals surface area contributed by atoms with Crippen molar-refractivity contribution in [1.29, 1.82) is 0 Å². The topological polar surface area (TPSA) is 101 Å². The molecule has 2 N–H and O–H groups in total. The van der Waals surface area contributed by atoms with Crippen molar-refractivity contribution in [3.05, 3.63) is 48.5 Å². The Balaban J connectivity index is 2.35. The van der Waals surface area contributed by atoms with E-state index >= 15 is 0 Å². The maximum atomic E-state index is 12.3. The Bertz CT molecular complexity index is 877. The molecule has 22 heavy (non-hydrogen) atoms. The second kappa shape index (κ2) is 5.66. The second-order valence-electron chi connectivity index (χ2n) is 4.49. The van der Waals surface area contributed by atoms with Gasteiger partial charge in [-0.3, -0.25) is 0 Å². The molecule has 0 aliphatic rings. The lowest BCUT2D eigenvalue weighted by Crippen LogP contribution is -2.19. The maximum absolute atomic E-state index is 12.3. The van der Waals surface area contributed by atoms with Crippen molar-refractivity contribution in [2.45, 2.75) is 4.90 Å². The molecule has 0 aliphatic carbocycles. The van der Waals surface area contributed by atoms with Gasteiger partial charge in [-0.05, 0) is 29.5 Å². The molecule has 0 saturated heterocycles. The number of benzene rings is 2. The smallest absolute Gasteiger partial charge is 0.214 e. The van der Waals surface area contributed by atoms with E-state index in [1.54, 1.807) is 6.07 Å². The van der Waals surface area contributed by atoms with E-state index in [-0.39, 0.29) is 10.7 Å². The molecule has 0 bridgehead atoms. The summed E-state index contributed by atoms with van der Waals surface area (Å²) in [5.41, 5.74) is 2.01. The molecule has 0 radical (unpaired) electrons. The average Bonchev–Trinajstić information content (AvgIpc) is 3.09. The molecular formula is C14H13N5O2S. The van der Waals surface area contributed by atoms with Gasteiger partial charge in [0.25, 0.3) is 0 Å². The van der Waals surface area contributed by atoms with Crippen molar-refractivity contribution >= 4 is 10.0 Å². The van der Waals surface area contributed by atoms with E-state index in [1.807, 2.05) is 36.4 Å². The molecule has 8 heteroatoms. The number of nitrogens with one attached hydrogen (secondary N) is 2. The number of nitrogens with zero attached hydrogens (tertiary/aromatic N) is 3. The first-order valence-electron chi connectivity index (χ1n) is 6.49. The molecular weight excluding hydrogens is 302 g/mol. The van der Waals surface area contributed by atoms with Gasteiger partial charge in [0.1, 0.15) is 0 Å². The Morgan fingerprint density at radius 2 is 1.82 bits per heavy atom. The fourth-order valence-corrected chi connectivity index (χ4v) is 3.17. The lowest BCUT2D eigenvalue weighted by atomic mass is 9.99. The molecule has 0 spiro atoms. The minimum atomic E-state index is -3.66. The van der Waals surface area contributed by atoms with Gasteiger partial charge in [0.2, 0.25) is 15.8 Å².